The number of aromatic nitrogens is 3. The van der Waals surface area contributed by atoms with Crippen LogP contribution in [0.15, 0.2) is 69.3 Å². The Hall–Kier alpha value is -3.30. The normalized spacial score (nSPS) is 12.7. The number of carbonyl (C=O) groups excluding carboxylic acids is 1. The highest BCUT2D eigenvalue weighted by Crippen LogP contribution is 2.31. The molecule has 2 heterocycles. The van der Waals surface area contributed by atoms with E-state index in [1.807, 2.05) is 6.07 Å². The molecule has 7 nitrogen and oxygen atoms in total. The smallest absolute Gasteiger partial charge is 0.254 e. The molecule has 4 aromatic rings. The molecular weight excluding hydrogens is 431 g/mol. The van der Waals surface area contributed by atoms with Crippen LogP contribution in [0.1, 0.15) is 48.3 Å². The summed E-state index contributed by atoms with van der Waals surface area (Å²) >= 11 is 1.31. The number of benzene rings is 2. The second-order valence-corrected chi connectivity index (χ2v) is 8.93. The quantitative estimate of drug-likeness (QED) is 0.440. The number of nitrogens with zero attached hydrogens (tertiary/aromatic N) is 3. The monoisotopic (exact) mass is 452 g/mol. The highest BCUT2D eigenvalue weighted by Gasteiger charge is 2.21. The molecule has 0 aliphatic carbocycles. The van der Waals surface area contributed by atoms with Gasteiger partial charge in [-0.2, -0.15) is 0 Å². The lowest BCUT2D eigenvalue weighted by Gasteiger charge is -2.21. The van der Waals surface area contributed by atoms with Gasteiger partial charge in [-0.1, -0.05) is 23.9 Å². The number of rotatable bonds is 6. The molecule has 9 heteroatoms. The van der Waals surface area contributed by atoms with Gasteiger partial charge in [0.2, 0.25) is 0 Å². The predicted molar refractivity (Wildman–Crippen MR) is 118 cm³/mol. The van der Waals surface area contributed by atoms with E-state index in [9.17, 15) is 14.3 Å². The van der Waals surface area contributed by atoms with E-state index in [2.05, 4.69) is 20.6 Å². The first-order chi connectivity index (χ1) is 15.2. The summed E-state index contributed by atoms with van der Waals surface area (Å²) in [5.74, 6) is -0.865. The molecule has 0 aliphatic heterocycles. The molecule has 32 heavy (non-hydrogen) atoms. The van der Waals surface area contributed by atoms with Crippen molar-refractivity contribution in [2.75, 3.05) is 0 Å². The Morgan fingerprint density at radius 1 is 1.16 bits per heavy atom. The summed E-state index contributed by atoms with van der Waals surface area (Å²) < 4.78 is 19.4. The lowest BCUT2D eigenvalue weighted by Crippen LogP contribution is -2.28. The van der Waals surface area contributed by atoms with Crippen molar-refractivity contribution in [3.05, 3.63) is 77.2 Å². The molecule has 0 radical (unpaired) electrons. The van der Waals surface area contributed by atoms with Crippen LogP contribution in [0.3, 0.4) is 0 Å². The van der Waals surface area contributed by atoms with Crippen LogP contribution >= 0.6 is 11.8 Å². The third-order valence-electron chi connectivity index (χ3n) is 4.98. The Labute approximate surface area is 188 Å². The van der Waals surface area contributed by atoms with Gasteiger partial charge in [0.05, 0.1) is 17.2 Å². The third kappa shape index (κ3) is 4.63. The zero-order chi connectivity index (χ0) is 22.9. The number of aliphatic hydroxyl groups is 1. The molecule has 0 bridgehead atoms. The largest absolute Gasteiger partial charge is 0.386 e. The second kappa shape index (κ2) is 8.68. The maximum atomic E-state index is 14.7. The fraction of sp³-hybridized carbons (Fsp3) is 0.217. The fourth-order valence-electron chi connectivity index (χ4n) is 3.19. The van der Waals surface area contributed by atoms with Crippen LogP contribution < -0.4 is 5.32 Å². The molecule has 0 aliphatic rings. The Morgan fingerprint density at radius 3 is 2.69 bits per heavy atom. The predicted octanol–water partition coefficient (Wildman–Crippen LogP) is 4.63. The molecule has 4 rings (SSSR count). The summed E-state index contributed by atoms with van der Waals surface area (Å²) in [6, 6.07) is 12.7. The van der Waals surface area contributed by atoms with E-state index < -0.39 is 17.5 Å². The summed E-state index contributed by atoms with van der Waals surface area (Å²) in [6.07, 6.45) is 1.60. The summed E-state index contributed by atoms with van der Waals surface area (Å²) in [5, 5.41) is 21.0. The number of pyridine rings is 1. The van der Waals surface area contributed by atoms with Gasteiger partial charge in [0.15, 0.2) is 0 Å². The number of fused-ring (bicyclic) bond motifs is 1. The van der Waals surface area contributed by atoms with Crippen molar-refractivity contribution in [1.29, 1.82) is 0 Å². The first kappa shape index (κ1) is 21.9. The molecule has 0 saturated carbocycles. The van der Waals surface area contributed by atoms with Crippen LogP contribution in [0.2, 0.25) is 0 Å². The first-order valence-electron chi connectivity index (χ1n) is 9.91. The minimum absolute atomic E-state index is 0.327. The minimum atomic E-state index is -1.15. The van der Waals surface area contributed by atoms with Crippen molar-refractivity contribution in [2.24, 2.45) is 0 Å². The van der Waals surface area contributed by atoms with Gasteiger partial charge in [0.25, 0.3) is 5.91 Å². The SMILES string of the molecule is CC(NC(=O)c1cccnc1Sc1ccc2nonc2c1)c1ccc(C(C)(C)O)cc1F. The number of halogens is 1. The van der Waals surface area contributed by atoms with Crippen LogP contribution in [0.5, 0.6) is 0 Å². The number of amides is 1. The summed E-state index contributed by atoms with van der Waals surface area (Å²) in [6.45, 7) is 4.88. The summed E-state index contributed by atoms with van der Waals surface area (Å²) in [5.41, 5.74) is 1.25. The highest BCUT2D eigenvalue weighted by molar-refractivity contribution is 7.99. The van der Waals surface area contributed by atoms with Crippen LogP contribution in [0.4, 0.5) is 4.39 Å². The van der Waals surface area contributed by atoms with Crippen LogP contribution in [0, 0.1) is 5.82 Å². The van der Waals surface area contributed by atoms with Crippen molar-refractivity contribution in [2.45, 2.75) is 42.3 Å². The lowest BCUT2D eigenvalue weighted by molar-refractivity contribution is 0.0781. The molecule has 0 saturated heterocycles. The van der Waals surface area contributed by atoms with E-state index in [1.54, 1.807) is 63.4 Å². The molecule has 1 amide bonds. The zero-order valence-corrected chi connectivity index (χ0v) is 18.5. The first-order valence-corrected chi connectivity index (χ1v) is 10.7. The molecule has 2 aromatic carbocycles. The highest BCUT2D eigenvalue weighted by atomic mass is 32.2. The Kier molecular flexibility index (Phi) is 5.94. The molecular formula is C23H21FN4O3S. The van der Waals surface area contributed by atoms with Crippen molar-refractivity contribution in [3.8, 4) is 0 Å². The fourth-order valence-corrected chi connectivity index (χ4v) is 4.11. The van der Waals surface area contributed by atoms with Crippen molar-refractivity contribution in [3.63, 3.8) is 0 Å². The zero-order valence-electron chi connectivity index (χ0n) is 17.7. The van der Waals surface area contributed by atoms with E-state index in [4.69, 9.17) is 4.63 Å². The van der Waals surface area contributed by atoms with Crippen LogP contribution in [0.25, 0.3) is 11.0 Å². The number of hydrogen-bond donors (Lipinski definition) is 2. The maximum absolute atomic E-state index is 14.7. The van der Waals surface area contributed by atoms with E-state index in [0.717, 1.165) is 4.90 Å². The van der Waals surface area contributed by atoms with Crippen LogP contribution in [-0.2, 0) is 5.60 Å². The third-order valence-corrected chi connectivity index (χ3v) is 5.98. The van der Waals surface area contributed by atoms with Crippen molar-refractivity contribution >= 4 is 28.7 Å². The van der Waals surface area contributed by atoms with Gasteiger partial charge in [0.1, 0.15) is 21.9 Å². The lowest BCUT2D eigenvalue weighted by atomic mass is 9.95. The van der Waals surface area contributed by atoms with E-state index in [0.29, 0.717) is 32.7 Å². The molecule has 0 spiro atoms. The molecule has 1 atom stereocenters. The molecule has 1 unspecified atom stereocenters. The molecule has 164 valence electrons. The molecule has 0 fully saturated rings. The van der Waals surface area contributed by atoms with Gasteiger partial charge in [-0.25, -0.2) is 14.0 Å². The van der Waals surface area contributed by atoms with Gasteiger partial charge in [0, 0.05) is 16.7 Å². The average molecular weight is 453 g/mol. The van der Waals surface area contributed by atoms with Gasteiger partial charge in [-0.05, 0) is 73.0 Å². The number of hydrogen-bond acceptors (Lipinski definition) is 7. The van der Waals surface area contributed by atoms with Crippen molar-refractivity contribution in [1.82, 2.24) is 20.6 Å². The second-order valence-electron chi connectivity index (χ2n) is 7.86. The summed E-state index contributed by atoms with van der Waals surface area (Å²) in [4.78, 5) is 18.1. The standard InChI is InChI=1S/C23H21FN4O3S/c1-13(16-8-6-14(11-18(16)24)23(2,3)30)26-21(29)17-5-4-10-25-22(17)32-15-7-9-19-20(12-15)28-31-27-19/h4-13,30H,1-3H3,(H,26,29). The van der Waals surface area contributed by atoms with Gasteiger partial charge < -0.3 is 10.4 Å². The number of nitrogens with one attached hydrogen (secondary N) is 1. The molecule has 2 aromatic heterocycles. The average Bonchev–Trinajstić information content (AvgIpc) is 3.21. The summed E-state index contributed by atoms with van der Waals surface area (Å²) in [7, 11) is 0. The van der Waals surface area contributed by atoms with Gasteiger partial charge >= 0.3 is 0 Å². The van der Waals surface area contributed by atoms with E-state index in [-0.39, 0.29) is 5.91 Å². The van der Waals surface area contributed by atoms with Crippen LogP contribution in [-0.4, -0.2) is 26.3 Å². The Morgan fingerprint density at radius 2 is 1.94 bits per heavy atom. The van der Waals surface area contributed by atoms with Gasteiger partial charge in [-0.15, -0.1) is 0 Å². The molecule has 2 N–H and O–H groups in total. The minimum Gasteiger partial charge on any atom is -0.386 e. The van der Waals surface area contributed by atoms with E-state index >= 15 is 0 Å². The topological polar surface area (TPSA) is 101 Å². The number of carbonyl (C=O) groups is 1. The maximum Gasteiger partial charge on any atom is 0.254 e. The van der Waals surface area contributed by atoms with Crippen molar-refractivity contribution < 1.29 is 18.9 Å². The Bertz CT molecular complexity index is 1290. The Balaban J connectivity index is 1.54. The van der Waals surface area contributed by atoms with E-state index in [1.165, 1.54) is 17.8 Å². The van der Waals surface area contributed by atoms with Gasteiger partial charge in [-0.3, -0.25) is 4.79 Å².